The molecule has 0 saturated heterocycles. The second-order valence-electron chi connectivity index (χ2n) is 5.26. The average Bonchev–Trinajstić information content (AvgIpc) is 2.65. The van der Waals surface area contributed by atoms with Crippen LogP contribution in [0.15, 0.2) is 48.5 Å². The molecule has 0 unspecified atom stereocenters. The van der Waals surface area contributed by atoms with E-state index in [0.717, 1.165) is 11.3 Å². The molecule has 6 nitrogen and oxygen atoms in total. The molecule has 0 spiro atoms. The molecule has 0 aliphatic carbocycles. The van der Waals surface area contributed by atoms with Crippen molar-refractivity contribution in [3.63, 3.8) is 0 Å². The van der Waals surface area contributed by atoms with Gasteiger partial charge in [0.15, 0.2) is 0 Å². The normalized spacial score (nSPS) is 10.0. The quantitative estimate of drug-likeness (QED) is 0.771. The zero-order chi connectivity index (χ0) is 18.1. The van der Waals surface area contributed by atoms with Gasteiger partial charge in [-0.1, -0.05) is 12.1 Å². The van der Waals surface area contributed by atoms with Crippen molar-refractivity contribution in [2.45, 2.75) is 13.5 Å². The topological polar surface area (TPSA) is 76.7 Å². The minimum atomic E-state index is -0.303. The van der Waals surface area contributed by atoms with Crippen LogP contribution in [0.5, 0.6) is 11.5 Å². The Labute approximate surface area is 147 Å². The molecule has 2 N–H and O–H groups in total. The maximum absolute atomic E-state index is 12.0. The minimum absolute atomic E-state index is 0.0812. The number of carbonyl (C=O) groups excluding carboxylic acids is 2. The molecule has 0 heterocycles. The van der Waals surface area contributed by atoms with E-state index in [-0.39, 0.29) is 18.4 Å². The Kier molecular flexibility index (Phi) is 6.83. The van der Waals surface area contributed by atoms with E-state index in [1.807, 2.05) is 31.2 Å². The molecule has 2 aromatic carbocycles. The lowest BCUT2D eigenvalue weighted by atomic mass is 10.2. The third-order valence-electron chi connectivity index (χ3n) is 3.49. The Morgan fingerprint density at radius 3 is 2.16 bits per heavy atom. The maximum atomic E-state index is 12.0. The summed E-state index contributed by atoms with van der Waals surface area (Å²) in [6, 6.07) is 14.2. The van der Waals surface area contributed by atoms with Crippen LogP contribution in [0.2, 0.25) is 0 Å². The molecule has 0 fully saturated rings. The summed E-state index contributed by atoms with van der Waals surface area (Å²) in [6.45, 7) is 2.77. The minimum Gasteiger partial charge on any atom is -0.497 e. The van der Waals surface area contributed by atoms with Gasteiger partial charge >= 0.3 is 0 Å². The van der Waals surface area contributed by atoms with E-state index in [1.165, 1.54) is 0 Å². The SMILES string of the molecule is CCOc1ccc(C(=O)NCC(=O)NCc2ccc(OC)cc2)cc1. The van der Waals surface area contributed by atoms with Gasteiger partial charge in [0, 0.05) is 12.1 Å². The molecule has 2 rings (SSSR count). The largest absolute Gasteiger partial charge is 0.497 e. The van der Waals surface area contributed by atoms with Crippen LogP contribution in [0.25, 0.3) is 0 Å². The summed E-state index contributed by atoms with van der Waals surface area (Å²) in [7, 11) is 1.60. The maximum Gasteiger partial charge on any atom is 0.251 e. The van der Waals surface area contributed by atoms with E-state index in [0.29, 0.717) is 24.5 Å². The van der Waals surface area contributed by atoms with Crippen LogP contribution in [0, 0.1) is 0 Å². The van der Waals surface area contributed by atoms with E-state index in [2.05, 4.69) is 10.6 Å². The van der Waals surface area contributed by atoms with Gasteiger partial charge in [0.05, 0.1) is 20.3 Å². The highest BCUT2D eigenvalue weighted by Crippen LogP contribution is 2.12. The molecular formula is C19H22N2O4. The summed E-state index contributed by atoms with van der Waals surface area (Å²) in [6.07, 6.45) is 0. The third-order valence-corrected chi connectivity index (χ3v) is 3.49. The zero-order valence-corrected chi connectivity index (χ0v) is 14.4. The predicted molar refractivity (Wildman–Crippen MR) is 94.8 cm³/mol. The molecule has 132 valence electrons. The zero-order valence-electron chi connectivity index (χ0n) is 14.4. The first-order chi connectivity index (χ1) is 12.1. The van der Waals surface area contributed by atoms with Crippen molar-refractivity contribution in [1.82, 2.24) is 10.6 Å². The molecule has 25 heavy (non-hydrogen) atoms. The molecule has 0 aliphatic heterocycles. The van der Waals surface area contributed by atoms with Crippen LogP contribution in [-0.2, 0) is 11.3 Å². The van der Waals surface area contributed by atoms with Gasteiger partial charge < -0.3 is 20.1 Å². The Hall–Kier alpha value is -3.02. The summed E-state index contributed by atoms with van der Waals surface area (Å²) >= 11 is 0. The fraction of sp³-hybridized carbons (Fsp3) is 0.263. The number of methoxy groups -OCH3 is 1. The predicted octanol–water partition coefficient (Wildman–Crippen LogP) is 2.14. The fourth-order valence-corrected chi connectivity index (χ4v) is 2.14. The molecule has 0 bridgehead atoms. The van der Waals surface area contributed by atoms with Crippen LogP contribution in [0.4, 0.5) is 0 Å². The van der Waals surface area contributed by atoms with E-state index < -0.39 is 0 Å². The van der Waals surface area contributed by atoms with Gasteiger partial charge in [-0.15, -0.1) is 0 Å². The first-order valence-corrected chi connectivity index (χ1v) is 8.03. The van der Waals surface area contributed by atoms with E-state index >= 15 is 0 Å². The number of ether oxygens (including phenoxy) is 2. The van der Waals surface area contributed by atoms with Gasteiger partial charge in [-0.2, -0.15) is 0 Å². The number of rotatable bonds is 8. The van der Waals surface area contributed by atoms with Crippen molar-refractivity contribution in [3.05, 3.63) is 59.7 Å². The highest BCUT2D eigenvalue weighted by molar-refractivity contribution is 5.96. The van der Waals surface area contributed by atoms with Gasteiger partial charge in [-0.25, -0.2) is 0 Å². The van der Waals surface area contributed by atoms with Gasteiger partial charge in [0.25, 0.3) is 5.91 Å². The highest BCUT2D eigenvalue weighted by atomic mass is 16.5. The average molecular weight is 342 g/mol. The smallest absolute Gasteiger partial charge is 0.251 e. The number of hydrogen-bond acceptors (Lipinski definition) is 4. The second-order valence-corrected chi connectivity index (χ2v) is 5.26. The first kappa shape index (κ1) is 18.3. The summed E-state index contributed by atoms with van der Waals surface area (Å²) in [5, 5.41) is 5.35. The summed E-state index contributed by atoms with van der Waals surface area (Å²) < 4.78 is 10.4. The number of carbonyl (C=O) groups is 2. The molecule has 6 heteroatoms. The molecule has 0 radical (unpaired) electrons. The van der Waals surface area contributed by atoms with Crippen LogP contribution >= 0.6 is 0 Å². The third kappa shape index (κ3) is 5.84. The van der Waals surface area contributed by atoms with Gasteiger partial charge in [-0.05, 0) is 48.9 Å². The molecular weight excluding hydrogens is 320 g/mol. The van der Waals surface area contributed by atoms with Gasteiger partial charge in [-0.3, -0.25) is 9.59 Å². The van der Waals surface area contributed by atoms with E-state index in [4.69, 9.17) is 9.47 Å². The highest BCUT2D eigenvalue weighted by Gasteiger charge is 2.08. The lowest BCUT2D eigenvalue weighted by Gasteiger charge is -2.08. The second kappa shape index (κ2) is 9.32. The molecule has 0 aliphatic rings. The molecule has 2 amide bonds. The molecule has 2 aromatic rings. The summed E-state index contributed by atoms with van der Waals surface area (Å²) in [5.74, 6) is 0.909. The summed E-state index contributed by atoms with van der Waals surface area (Å²) in [4.78, 5) is 23.9. The van der Waals surface area contributed by atoms with Crippen molar-refractivity contribution in [3.8, 4) is 11.5 Å². The number of nitrogens with one attached hydrogen (secondary N) is 2. The Balaban J connectivity index is 1.75. The van der Waals surface area contributed by atoms with Crippen molar-refractivity contribution in [2.24, 2.45) is 0 Å². The van der Waals surface area contributed by atoms with Crippen molar-refractivity contribution in [1.29, 1.82) is 0 Å². The fourth-order valence-electron chi connectivity index (χ4n) is 2.14. The van der Waals surface area contributed by atoms with Crippen LogP contribution in [0.1, 0.15) is 22.8 Å². The van der Waals surface area contributed by atoms with Crippen molar-refractivity contribution in [2.75, 3.05) is 20.3 Å². The van der Waals surface area contributed by atoms with Crippen LogP contribution in [-0.4, -0.2) is 32.1 Å². The van der Waals surface area contributed by atoms with E-state index in [1.54, 1.807) is 31.4 Å². The number of benzene rings is 2. The summed E-state index contributed by atoms with van der Waals surface area (Å²) in [5.41, 5.74) is 1.43. The van der Waals surface area contributed by atoms with Crippen LogP contribution in [0.3, 0.4) is 0 Å². The van der Waals surface area contributed by atoms with Crippen molar-refractivity contribution < 1.29 is 19.1 Å². The Morgan fingerprint density at radius 1 is 0.920 bits per heavy atom. The van der Waals surface area contributed by atoms with Gasteiger partial charge in [0.1, 0.15) is 11.5 Å². The standard InChI is InChI=1S/C19H22N2O4/c1-3-25-17-10-6-15(7-11-17)19(23)21-13-18(22)20-12-14-4-8-16(24-2)9-5-14/h4-11H,3,12-13H2,1-2H3,(H,20,22)(H,21,23). The first-order valence-electron chi connectivity index (χ1n) is 8.03. The molecule has 0 atom stereocenters. The van der Waals surface area contributed by atoms with Crippen LogP contribution < -0.4 is 20.1 Å². The van der Waals surface area contributed by atoms with Crippen molar-refractivity contribution >= 4 is 11.8 Å². The number of hydrogen-bond donors (Lipinski definition) is 2. The monoisotopic (exact) mass is 342 g/mol. The molecule has 0 aromatic heterocycles. The van der Waals surface area contributed by atoms with Gasteiger partial charge in [0.2, 0.25) is 5.91 Å². The van der Waals surface area contributed by atoms with E-state index in [9.17, 15) is 9.59 Å². The lowest BCUT2D eigenvalue weighted by Crippen LogP contribution is -2.36. The Morgan fingerprint density at radius 2 is 1.56 bits per heavy atom. The lowest BCUT2D eigenvalue weighted by molar-refractivity contribution is -0.120. The Bertz CT molecular complexity index is 696. The number of amides is 2. The molecule has 0 saturated carbocycles.